The van der Waals surface area contributed by atoms with Crippen molar-refractivity contribution in [3.63, 3.8) is 0 Å². The topological polar surface area (TPSA) is 105 Å². The van der Waals surface area contributed by atoms with Gasteiger partial charge in [0.1, 0.15) is 6.04 Å². The molecule has 2 heterocycles. The molecular formula is C18H20N3O4S-. The molecule has 1 aliphatic heterocycles. The molecule has 0 saturated carbocycles. The summed E-state index contributed by atoms with van der Waals surface area (Å²) in [5.74, 6) is -1.42. The summed E-state index contributed by atoms with van der Waals surface area (Å²) in [7, 11) is 0. The lowest BCUT2D eigenvalue weighted by molar-refractivity contribution is -0.308. The number of nitrogens with one attached hydrogen (secondary N) is 2. The van der Waals surface area contributed by atoms with Crippen molar-refractivity contribution in [2.24, 2.45) is 0 Å². The van der Waals surface area contributed by atoms with Gasteiger partial charge in [0.15, 0.2) is 0 Å². The normalized spacial score (nSPS) is 20.1. The van der Waals surface area contributed by atoms with Gasteiger partial charge < -0.3 is 25.1 Å². The molecule has 0 spiro atoms. The smallest absolute Gasteiger partial charge is 0.244 e. The number of fused-ring (bicyclic) bond motifs is 1. The van der Waals surface area contributed by atoms with E-state index in [9.17, 15) is 19.5 Å². The quantitative estimate of drug-likeness (QED) is 0.706. The lowest BCUT2D eigenvalue weighted by Crippen LogP contribution is -2.55. The summed E-state index contributed by atoms with van der Waals surface area (Å²) in [5.41, 5.74) is 1.68. The minimum Gasteiger partial charge on any atom is -0.548 e. The summed E-state index contributed by atoms with van der Waals surface area (Å²) in [4.78, 5) is 39.5. The number of carboxylic acids is 1. The number of carbonyl (C=O) groups excluding carboxylic acids is 3. The van der Waals surface area contributed by atoms with E-state index in [1.54, 1.807) is 6.20 Å². The Balaban J connectivity index is 1.76. The van der Waals surface area contributed by atoms with E-state index >= 15 is 0 Å². The van der Waals surface area contributed by atoms with Crippen LogP contribution in [0.4, 0.5) is 0 Å². The van der Waals surface area contributed by atoms with Gasteiger partial charge in [0.2, 0.25) is 12.3 Å². The minimum absolute atomic E-state index is 0.0996. The molecule has 138 valence electrons. The summed E-state index contributed by atoms with van der Waals surface area (Å²) in [6.07, 6.45) is 2.47. The number of carboxylic acid groups (broad SMARTS) is 1. The largest absolute Gasteiger partial charge is 0.548 e. The molecule has 0 bridgehead atoms. The van der Waals surface area contributed by atoms with Crippen LogP contribution in [0.2, 0.25) is 0 Å². The van der Waals surface area contributed by atoms with Gasteiger partial charge in [0.25, 0.3) is 0 Å². The molecular weight excluding hydrogens is 354 g/mol. The third-order valence-corrected chi connectivity index (χ3v) is 6.07. The lowest BCUT2D eigenvalue weighted by Gasteiger charge is -2.31. The molecule has 0 aliphatic carbocycles. The summed E-state index contributed by atoms with van der Waals surface area (Å²) in [6.45, 7) is 3.70. The average Bonchev–Trinajstić information content (AvgIpc) is 3.14. The maximum Gasteiger partial charge on any atom is 0.244 e. The van der Waals surface area contributed by atoms with Gasteiger partial charge in [0.05, 0.1) is 16.9 Å². The van der Waals surface area contributed by atoms with E-state index in [1.807, 2.05) is 38.1 Å². The highest BCUT2D eigenvalue weighted by Gasteiger charge is 2.43. The van der Waals surface area contributed by atoms with Crippen molar-refractivity contribution >= 4 is 41.0 Å². The standard InChI is InChI=1S/C18H21N3O4S/c1-18(2)21(10-22)15(9-26-18)16(23)20-14(17(24)25)7-11-8-19-13-6-4-3-5-12(11)13/h3-6,8,10,14-15,19H,7,9H2,1-2H3,(H,20,23)(H,24,25)/p-1/t14-,15+/m1/s1. The second-order valence-electron chi connectivity index (χ2n) is 6.73. The highest BCUT2D eigenvalue weighted by atomic mass is 32.2. The molecule has 7 nitrogen and oxygen atoms in total. The number of nitrogens with zero attached hydrogens (tertiary/aromatic N) is 1. The van der Waals surface area contributed by atoms with Crippen LogP contribution in [0.3, 0.4) is 0 Å². The van der Waals surface area contributed by atoms with Gasteiger partial charge >= 0.3 is 0 Å². The second kappa shape index (κ2) is 7.03. The molecule has 1 fully saturated rings. The van der Waals surface area contributed by atoms with E-state index in [2.05, 4.69) is 10.3 Å². The Morgan fingerprint density at radius 3 is 2.88 bits per heavy atom. The average molecular weight is 374 g/mol. The first-order valence-electron chi connectivity index (χ1n) is 8.27. The predicted molar refractivity (Wildman–Crippen MR) is 97.2 cm³/mol. The van der Waals surface area contributed by atoms with Crippen molar-refractivity contribution < 1.29 is 19.5 Å². The van der Waals surface area contributed by atoms with Crippen LogP contribution in [-0.2, 0) is 20.8 Å². The Hall–Kier alpha value is -2.48. The fourth-order valence-corrected chi connectivity index (χ4v) is 4.39. The van der Waals surface area contributed by atoms with Gasteiger partial charge in [-0.15, -0.1) is 11.8 Å². The Kier molecular flexibility index (Phi) is 4.95. The monoisotopic (exact) mass is 374 g/mol. The second-order valence-corrected chi connectivity index (χ2v) is 8.35. The molecule has 0 unspecified atom stereocenters. The van der Waals surface area contributed by atoms with Crippen molar-refractivity contribution in [2.75, 3.05) is 5.75 Å². The molecule has 8 heteroatoms. The number of thioether (sulfide) groups is 1. The first-order chi connectivity index (χ1) is 12.3. The van der Waals surface area contributed by atoms with Crippen molar-refractivity contribution in [3.05, 3.63) is 36.0 Å². The van der Waals surface area contributed by atoms with Gasteiger partial charge in [-0.3, -0.25) is 9.59 Å². The highest BCUT2D eigenvalue weighted by molar-refractivity contribution is 8.00. The first-order valence-corrected chi connectivity index (χ1v) is 9.26. The third kappa shape index (κ3) is 3.41. The third-order valence-electron chi connectivity index (χ3n) is 4.67. The SMILES string of the molecule is CC1(C)SC[C@@H](C(=O)N[C@H](Cc2c[nH]c3ccccc23)C(=O)[O-])N1C=O. The molecule has 3 rings (SSSR count). The number of para-hydroxylation sites is 1. The number of amides is 2. The van der Waals surface area contributed by atoms with Crippen LogP contribution in [0.5, 0.6) is 0 Å². The van der Waals surface area contributed by atoms with Gasteiger partial charge in [-0.2, -0.15) is 0 Å². The minimum atomic E-state index is -1.36. The molecule has 0 radical (unpaired) electrons. The van der Waals surface area contributed by atoms with Crippen molar-refractivity contribution in [1.29, 1.82) is 0 Å². The number of hydrogen-bond donors (Lipinski definition) is 2. The van der Waals surface area contributed by atoms with Crippen LogP contribution in [0.15, 0.2) is 30.5 Å². The molecule has 2 atom stereocenters. The highest BCUT2D eigenvalue weighted by Crippen LogP contribution is 2.37. The molecule has 1 aromatic carbocycles. The number of H-pyrrole nitrogens is 1. The zero-order chi connectivity index (χ0) is 18.9. The summed E-state index contributed by atoms with van der Waals surface area (Å²) in [6, 6.07) is 5.66. The van der Waals surface area contributed by atoms with Crippen LogP contribution in [0.25, 0.3) is 10.9 Å². The van der Waals surface area contributed by atoms with E-state index < -0.39 is 28.8 Å². The number of hydrogen-bond acceptors (Lipinski definition) is 5. The van der Waals surface area contributed by atoms with Crippen molar-refractivity contribution in [2.45, 2.75) is 37.2 Å². The number of benzene rings is 1. The van der Waals surface area contributed by atoms with E-state index in [1.165, 1.54) is 16.7 Å². The molecule has 2 N–H and O–H groups in total. The maximum atomic E-state index is 12.6. The Bertz CT molecular complexity index is 848. The molecule has 2 aromatic rings. The fraction of sp³-hybridized carbons (Fsp3) is 0.389. The molecule has 2 amide bonds. The zero-order valence-electron chi connectivity index (χ0n) is 14.5. The summed E-state index contributed by atoms with van der Waals surface area (Å²) >= 11 is 1.48. The number of aromatic nitrogens is 1. The van der Waals surface area contributed by atoms with E-state index in [4.69, 9.17) is 0 Å². The lowest BCUT2D eigenvalue weighted by atomic mass is 10.0. The number of rotatable bonds is 6. The van der Waals surface area contributed by atoms with E-state index in [0.717, 1.165) is 16.5 Å². The summed E-state index contributed by atoms with van der Waals surface area (Å²) in [5, 5.41) is 15.0. The van der Waals surface area contributed by atoms with Crippen molar-refractivity contribution in [3.8, 4) is 0 Å². The Morgan fingerprint density at radius 1 is 1.46 bits per heavy atom. The maximum absolute atomic E-state index is 12.6. The summed E-state index contributed by atoms with van der Waals surface area (Å²) < 4.78 is 0. The predicted octanol–water partition coefficient (Wildman–Crippen LogP) is 0.255. The Labute approximate surface area is 155 Å². The van der Waals surface area contributed by atoms with Crippen LogP contribution >= 0.6 is 11.8 Å². The van der Waals surface area contributed by atoms with Crippen molar-refractivity contribution in [1.82, 2.24) is 15.2 Å². The fourth-order valence-electron chi connectivity index (χ4n) is 3.20. The molecule has 1 saturated heterocycles. The molecule has 1 aromatic heterocycles. The Morgan fingerprint density at radius 2 is 2.19 bits per heavy atom. The van der Waals surface area contributed by atoms with Gasteiger partial charge in [-0.05, 0) is 25.5 Å². The van der Waals surface area contributed by atoms with Gasteiger partial charge in [-0.25, -0.2) is 0 Å². The van der Waals surface area contributed by atoms with E-state index in [0.29, 0.717) is 12.2 Å². The number of aliphatic carboxylic acids is 1. The first kappa shape index (κ1) is 18.3. The van der Waals surface area contributed by atoms with Crippen LogP contribution in [0, 0.1) is 0 Å². The molecule has 1 aliphatic rings. The van der Waals surface area contributed by atoms with Crippen LogP contribution < -0.4 is 10.4 Å². The number of aromatic amines is 1. The van der Waals surface area contributed by atoms with Gasteiger partial charge in [-0.1, -0.05) is 18.2 Å². The number of carbonyl (C=O) groups is 3. The van der Waals surface area contributed by atoms with Crippen LogP contribution in [-0.4, -0.2) is 50.9 Å². The van der Waals surface area contributed by atoms with Crippen LogP contribution in [0.1, 0.15) is 19.4 Å². The zero-order valence-corrected chi connectivity index (χ0v) is 15.3. The van der Waals surface area contributed by atoms with E-state index in [-0.39, 0.29) is 6.42 Å². The van der Waals surface area contributed by atoms with Gasteiger partial charge in [0, 0.05) is 29.3 Å². The molecule has 26 heavy (non-hydrogen) atoms.